The lowest BCUT2D eigenvalue weighted by atomic mass is 10.1. The second-order valence-corrected chi connectivity index (χ2v) is 4.20. The molecule has 1 aromatic carbocycles. The van der Waals surface area contributed by atoms with Crippen LogP contribution in [0.5, 0.6) is 0 Å². The second-order valence-electron chi connectivity index (χ2n) is 4.20. The number of anilines is 1. The second kappa shape index (κ2) is 6.26. The molecule has 0 saturated carbocycles. The topological polar surface area (TPSA) is 177 Å². The molecule has 0 radical (unpaired) electrons. The molecule has 0 fully saturated rings. The summed E-state index contributed by atoms with van der Waals surface area (Å²) in [7, 11) is 0. The van der Waals surface area contributed by atoms with Gasteiger partial charge < -0.3 is 5.32 Å². The van der Waals surface area contributed by atoms with Crippen molar-refractivity contribution in [2.75, 3.05) is 5.32 Å². The molecular formula is C11H8N8O4. The number of nitro groups is 2. The zero-order valence-corrected chi connectivity index (χ0v) is 11.5. The number of benzene rings is 1. The van der Waals surface area contributed by atoms with Gasteiger partial charge in [0.1, 0.15) is 17.2 Å². The third-order valence-corrected chi connectivity index (χ3v) is 2.84. The standard InChI is InChI=1S/C11H8N8O4/c1-6-9(18(20)21)2-8(3-10(6)19(22)23)13-5-7(4-12)11-14-16-17-15-11/h2-3,5,13H,1H3,(H,14,15,16,17). The molecule has 12 nitrogen and oxygen atoms in total. The molecule has 0 unspecified atom stereocenters. The Morgan fingerprint density at radius 2 is 1.96 bits per heavy atom. The van der Waals surface area contributed by atoms with Crippen molar-refractivity contribution in [3.05, 3.63) is 49.9 Å². The molecule has 1 heterocycles. The van der Waals surface area contributed by atoms with E-state index < -0.39 is 21.2 Å². The van der Waals surface area contributed by atoms with Gasteiger partial charge in [-0.25, -0.2) is 0 Å². The smallest absolute Gasteiger partial charge is 0.281 e. The van der Waals surface area contributed by atoms with E-state index in [1.165, 1.54) is 13.1 Å². The van der Waals surface area contributed by atoms with Gasteiger partial charge in [-0.1, -0.05) is 0 Å². The van der Waals surface area contributed by atoms with Gasteiger partial charge in [-0.2, -0.15) is 10.5 Å². The largest absolute Gasteiger partial charge is 0.360 e. The summed E-state index contributed by atoms with van der Waals surface area (Å²) in [5.41, 5.74) is -0.815. The number of rotatable bonds is 5. The van der Waals surface area contributed by atoms with E-state index in [1.807, 2.05) is 0 Å². The van der Waals surface area contributed by atoms with Gasteiger partial charge in [0.2, 0.25) is 5.82 Å². The number of allylic oxidation sites excluding steroid dienone is 1. The van der Waals surface area contributed by atoms with Crippen LogP contribution in [0.15, 0.2) is 18.3 Å². The Kier molecular flexibility index (Phi) is 4.22. The molecule has 0 spiro atoms. The number of hydrogen-bond acceptors (Lipinski definition) is 9. The summed E-state index contributed by atoms with van der Waals surface area (Å²) in [6.07, 6.45) is 1.17. The Morgan fingerprint density at radius 3 is 2.39 bits per heavy atom. The molecule has 1 aromatic heterocycles. The first-order valence-electron chi connectivity index (χ1n) is 5.98. The molecule has 0 saturated heterocycles. The highest BCUT2D eigenvalue weighted by Gasteiger charge is 2.23. The molecule has 23 heavy (non-hydrogen) atoms. The first kappa shape index (κ1) is 15.5. The van der Waals surface area contributed by atoms with Crippen molar-refractivity contribution < 1.29 is 9.85 Å². The number of nitrogens with zero attached hydrogens (tertiary/aromatic N) is 6. The monoisotopic (exact) mass is 316 g/mol. The van der Waals surface area contributed by atoms with Crippen molar-refractivity contribution in [3.8, 4) is 6.07 Å². The molecule has 2 aromatic rings. The summed E-state index contributed by atoms with van der Waals surface area (Å²) in [6.45, 7) is 1.29. The Bertz CT molecular complexity index is 801. The lowest BCUT2D eigenvalue weighted by Crippen LogP contribution is -2.00. The highest BCUT2D eigenvalue weighted by atomic mass is 16.6. The number of aromatic amines is 1. The van der Waals surface area contributed by atoms with E-state index in [1.54, 1.807) is 6.07 Å². The SMILES string of the molecule is Cc1c([N+](=O)[O-])cc(NC=C(C#N)c2nn[nH]n2)cc1[N+](=O)[O-]. The predicted octanol–water partition coefficient (Wildman–Crippen LogP) is 1.30. The minimum absolute atomic E-state index is 0.00960. The Hall–Kier alpha value is -3.88. The Morgan fingerprint density at radius 1 is 1.35 bits per heavy atom. The molecule has 0 aliphatic carbocycles. The fraction of sp³-hybridized carbons (Fsp3) is 0.0909. The van der Waals surface area contributed by atoms with E-state index in [0.29, 0.717) is 0 Å². The number of aromatic nitrogens is 4. The quantitative estimate of drug-likeness (QED) is 0.467. The van der Waals surface area contributed by atoms with Gasteiger partial charge in [-0.15, -0.1) is 10.2 Å². The van der Waals surface area contributed by atoms with E-state index in [4.69, 9.17) is 5.26 Å². The molecule has 12 heteroatoms. The normalized spacial score (nSPS) is 10.9. The van der Waals surface area contributed by atoms with E-state index in [9.17, 15) is 20.2 Å². The van der Waals surface area contributed by atoms with Crippen LogP contribution in [0.1, 0.15) is 11.4 Å². The van der Waals surface area contributed by atoms with Crippen LogP contribution in [0, 0.1) is 38.5 Å². The maximum Gasteiger partial charge on any atom is 0.281 e. The van der Waals surface area contributed by atoms with E-state index in [-0.39, 0.29) is 22.6 Å². The number of nitro benzene ring substituents is 2. The minimum Gasteiger partial charge on any atom is -0.360 e. The van der Waals surface area contributed by atoms with Crippen molar-refractivity contribution in [2.24, 2.45) is 0 Å². The molecule has 0 amide bonds. The number of nitriles is 1. The molecular weight excluding hydrogens is 308 g/mol. The molecule has 0 aliphatic heterocycles. The number of hydrogen-bond donors (Lipinski definition) is 2. The lowest BCUT2D eigenvalue weighted by molar-refractivity contribution is -0.395. The molecule has 0 aliphatic rings. The summed E-state index contributed by atoms with van der Waals surface area (Å²) in [5, 5.41) is 46.3. The summed E-state index contributed by atoms with van der Waals surface area (Å²) in [4.78, 5) is 20.5. The van der Waals surface area contributed by atoms with Crippen LogP contribution in [0.4, 0.5) is 17.1 Å². The van der Waals surface area contributed by atoms with Crippen LogP contribution < -0.4 is 5.32 Å². The fourth-order valence-electron chi connectivity index (χ4n) is 1.72. The molecule has 2 rings (SSSR count). The first-order valence-corrected chi connectivity index (χ1v) is 5.98. The van der Waals surface area contributed by atoms with Gasteiger partial charge in [-0.3, -0.25) is 20.2 Å². The van der Waals surface area contributed by atoms with Gasteiger partial charge in [0.15, 0.2) is 0 Å². The zero-order valence-electron chi connectivity index (χ0n) is 11.5. The van der Waals surface area contributed by atoms with Crippen LogP contribution >= 0.6 is 0 Å². The number of tetrazole rings is 1. The van der Waals surface area contributed by atoms with E-state index in [2.05, 4.69) is 25.9 Å². The molecule has 116 valence electrons. The van der Waals surface area contributed by atoms with Gasteiger partial charge in [0.25, 0.3) is 11.4 Å². The van der Waals surface area contributed by atoms with Crippen LogP contribution in [0.3, 0.4) is 0 Å². The van der Waals surface area contributed by atoms with Crippen molar-refractivity contribution in [1.29, 1.82) is 5.26 Å². The van der Waals surface area contributed by atoms with Gasteiger partial charge in [0, 0.05) is 18.3 Å². The number of nitrogens with one attached hydrogen (secondary N) is 2. The average molecular weight is 316 g/mol. The summed E-state index contributed by atoms with van der Waals surface area (Å²) in [6, 6.07) is 4.06. The van der Waals surface area contributed by atoms with Gasteiger partial charge in [0.05, 0.1) is 15.5 Å². The van der Waals surface area contributed by atoms with Crippen molar-refractivity contribution >= 4 is 22.6 Å². The highest BCUT2D eigenvalue weighted by Crippen LogP contribution is 2.31. The minimum atomic E-state index is -0.721. The fourth-order valence-corrected chi connectivity index (χ4v) is 1.72. The van der Waals surface area contributed by atoms with Gasteiger partial charge in [-0.05, 0) is 12.1 Å². The summed E-state index contributed by atoms with van der Waals surface area (Å²) < 4.78 is 0. The number of H-pyrrole nitrogens is 1. The average Bonchev–Trinajstić information content (AvgIpc) is 3.02. The van der Waals surface area contributed by atoms with Gasteiger partial charge >= 0.3 is 0 Å². The third kappa shape index (κ3) is 3.24. The Balaban J connectivity index is 2.42. The summed E-state index contributed by atoms with van der Waals surface area (Å²) >= 11 is 0. The molecule has 2 N–H and O–H groups in total. The van der Waals surface area contributed by atoms with Crippen LogP contribution in [0.25, 0.3) is 5.57 Å². The lowest BCUT2D eigenvalue weighted by Gasteiger charge is -2.04. The summed E-state index contributed by atoms with van der Waals surface area (Å²) in [5.74, 6) is 0.0103. The third-order valence-electron chi connectivity index (χ3n) is 2.84. The molecule has 0 atom stereocenters. The van der Waals surface area contributed by atoms with Crippen molar-refractivity contribution in [2.45, 2.75) is 6.92 Å². The van der Waals surface area contributed by atoms with Crippen LogP contribution in [-0.2, 0) is 0 Å². The first-order chi connectivity index (χ1) is 10.9. The highest BCUT2D eigenvalue weighted by molar-refractivity contribution is 5.75. The maximum atomic E-state index is 11.0. The van der Waals surface area contributed by atoms with Crippen LogP contribution in [-0.4, -0.2) is 30.5 Å². The zero-order chi connectivity index (χ0) is 17.0. The molecule has 0 bridgehead atoms. The van der Waals surface area contributed by atoms with Crippen molar-refractivity contribution in [1.82, 2.24) is 20.6 Å². The van der Waals surface area contributed by atoms with Crippen molar-refractivity contribution in [3.63, 3.8) is 0 Å². The van der Waals surface area contributed by atoms with E-state index in [0.717, 1.165) is 12.1 Å². The maximum absolute atomic E-state index is 11.0. The Labute approximate surface area is 127 Å². The van der Waals surface area contributed by atoms with E-state index >= 15 is 0 Å². The van der Waals surface area contributed by atoms with Crippen LogP contribution in [0.2, 0.25) is 0 Å². The predicted molar refractivity (Wildman–Crippen MR) is 75.9 cm³/mol.